The number of aromatic nitrogens is 4. The normalized spacial score (nSPS) is 15.4. The minimum atomic E-state index is -0.564. The summed E-state index contributed by atoms with van der Waals surface area (Å²) in [5, 5.41) is 14.8. The van der Waals surface area contributed by atoms with E-state index < -0.39 is 6.04 Å². The van der Waals surface area contributed by atoms with Gasteiger partial charge in [-0.25, -0.2) is 0 Å². The average Bonchev–Trinajstić information content (AvgIpc) is 3.30. The lowest BCUT2D eigenvalue weighted by atomic mass is 10.0. The van der Waals surface area contributed by atoms with E-state index in [-0.39, 0.29) is 11.8 Å². The summed E-state index contributed by atoms with van der Waals surface area (Å²) < 4.78 is 7.09. The summed E-state index contributed by atoms with van der Waals surface area (Å²) in [5.41, 5.74) is 7.22. The predicted octanol–water partition coefficient (Wildman–Crippen LogP) is 1.47. The fourth-order valence-electron chi connectivity index (χ4n) is 2.42. The lowest BCUT2D eigenvalue weighted by molar-refractivity contribution is -0.118. The van der Waals surface area contributed by atoms with Crippen LogP contribution < -0.4 is 15.8 Å². The number of methoxy groups -OCH3 is 1. The Bertz CT molecular complexity index is 738. The molecule has 0 saturated heterocycles. The zero-order valence-corrected chi connectivity index (χ0v) is 14.1. The number of ether oxygens (including phenoxy) is 1. The van der Waals surface area contributed by atoms with Gasteiger partial charge in [-0.2, -0.15) is 4.68 Å². The lowest BCUT2D eigenvalue weighted by Gasteiger charge is -2.16. The maximum absolute atomic E-state index is 12.2. The predicted molar refractivity (Wildman–Crippen MR) is 89.1 cm³/mol. The van der Waals surface area contributed by atoms with Crippen LogP contribution in [-0.4, -0.2) is 39.3 Å². The number of tetrazole rings is 1. The van der Waals surface area contributed by atoms with Gasteiger partial charge in [0.05, 0.1) is 13.2 Å². The number of benzene rings is 1. The molecular formula is C16H22N6O2. The molecule has 1 aromatic heterocycles. The molecule has 8 heteroatoms. The van der Waals surface area contributed by atoms with Crippen LogP contribution in [0.4, 0.5) is 5.69 Å². The topological polar surface area (TPSA) is 108 Å². The summed E-state index contributed by atoms with van der Waals surface area (Å²) in [6.07, 6.45) is 2.17. The Morgan fingerprint density at radius 2 is 2.17 bits per heavy atom. The quantitative estimate of drug-likeness (QED) is 0.830. The van der Waals surface area contributed by atoms with Gasteiger partial charge in [0.25, 0.3) is 0 Å². The Balaban J connectivity index is 1.91. The van der Waals surface area contributed by atoms with Crippen LogP contribution in [0.25, 0.3) is 5.69 Å². The Morgan fingerprint density at radius 1 is 1.42 bits per heavy atom. The number of anilines is 1. The molecule has 0 radical (unpaired) electrons. The Hall–Kier alpha value is -2.48. The van der Waals surface area contributed by atoms with E-state index in [2.05, 4.69) is 20.8 Å². The number of hydrogen-bond acceptors (Lipinski definition) is 6. The molecule has 128 valence electrons. The van der Waals surface area contributed by atoms with Gasteiger partial charge in [-0.1, -0.05) is 13.8 Å². The summed E-state index contributed by atoms with van der Waals surface area (Å²) in [5.74, 6) is 1.67. The number of carbonyl (C=O) groups is 1. The molecule has 0 bridgehead atoms. The van der Waals surface area contributed by atoms with E-state index in [0.29, 0.717) is 23.0 Å². The number of amides is 1. The van der Waals surface area contributed by atoms with E-state index >= 15 is 0 Å². The average molecular weight is 330 g/mol. The van der Waals surface area contributed by atoms with Gasteiger partial charge in [-0.05, 0) is 47.4 Å². The largest absolute Gasteiger partial charge is 0.494 e. The van der Waals surface area contributed by atoms with E-state index in [1.807, 2.05) is 13.8 Å². The highest BCUT2D eigenvalue weighted by Crippen LogP contribution is 2.40. The number of nitrogens with two attached hydrogens (primary N) is 1. The molecule has 1 aliphatic rings. The Morgan fingerprint density at radius 3 is 2.79 bits per heavy atom. The summed E-state index contributed by atoms with van der Waals surface area (Å²) >= 11 is 0. The van der Waals surface area contributed by atoms with Gasteiger partial charge in [0.15, 0.2) is 5.82 Å². The first-order chi connectivity index (χ1) is 11.5. The van der Waals surface area contributed by atoms with Crippen LogP contribution in [0.5, 0.6) is 5.75 Å². The first-order valence-corrected chi connectivity index (χ1v) is 8.04. The van der Waals surface area contributed by atoms with Crippen molar-refractivity contribution in [3.8, 4) is 11.4 Å². The molecule has 0 spiro atoms. The molecule has 1 aliphatic carbocycles. The number of carbonyl (C=O) groups excluding carboxylic acids is 1. The van der Waals surface area contributed by atoms with Crippen LogP contribution in [0.3, 0.4) is 0 Å². The number of rotatable bonds is 6. The minimum Gasteiger partial charge on any atom is -0.494 e. The molecule has 3 N–H and O–H groups in total. The highest BCUT2D eigenvalue weighted by atomic mass is 16.5. The van der Waals surface area contributed by atoms with Gasteiger partial charge in [-0.3, -0.25) is 4.79 Å². The molecule has 1 heterocycles. The maximum atomic E-state index is 12.2. The third-order valence-corrected chi connectivity index (χ3v) is 4.13. The van der Waals surface area contributed by atoms with Crippen molar-refractivity contribution in [3.63, 3.8) is 0 Å². The fourth-order valence-corrected chi connectivity index (χ4v) is 2.42. The van der Waals surface area contributed by atoms with E-state index in [9.17, 15) is 4.79 Å². The summed E-state index contributed by atoms with van der Waals surface area (Å²) in [6, 6.07) is 4.79. The smallest absolute Gasteiger partial charge is 0.241 e. The Kier molecular flexibility index (Phi) is 4.48. The second-order valence-electron chi connectivity index (χ2n) is 6.37. The SMILES string of the molecule is COc1ccc(NC(=O)[C@@H](N)C(C)C)cc1-n1nnnc1C1CC1. The summed E-state index contributed by atoms with van der Waals surface area (Å²) in [7, 11) is 1.59. The lowest BCUT2D eigenvalue weighted by Crippen LogP contribution is -2.39. The highest BCUT2D eigenvalue weighted by molar-refractivity contribution is 5.95. The monoisotopic (exact) mass is 330 g/mol. The molecule has 1 atom stereocenters. The highest BCUT2D eigenvalue weighted by Gasteiger charge is 2.30. The van der Waals surface area contributed by atoms with Crippen molar-refractivity contribution < 1.29 is 9.53 Å². The van der Waals surface area contributed by atoms with Crippen molar-refractivity contribution >= 4 is 11.6 Å². The van der Waals surface area contributed by atoms with Crippen LogP contribution in [-0.2, 0) is 4.79 Å². The van der Waals surface area contributed by atoms with Crippen LogP contribution in [0.1, 0.15) is 38.4 Å². The van der Waals surface area contributed by atoms with Gasteiger partial charge < -0.3 is 15.8 Å². The molecule has 24 heavy (non-hydrogen) atoms. The van der Waals surface area contributed by atoms with Crippen molar-refractivity contribution in [1.82, 2.24) is 20.2 Å². The van der Waals surface area contributed by atoms with Gasteiger partial charge in [0, 0.05) is 11.6 Å². The molecular weight excluding hydrogens is 308 g/mol. The Labute approximate surface area is 140 Å². The van der Waals surface area contributed by atoms with Gasteiger partial charge >= 0.3 is 0 Å². The third kappa shape index (κ3) is 3.23. The molecule has 3 rings (SSSR count). The van der Waals surface area contributed by atoms with Gasteiger partial charge in [-0.15, -0.1) is 5.10 Å². The molecule has 1 amide bonds. The molecule has 1 fully saturated rings. The molecule has 1 aromatic carbocycles. The van der Waals surface area contributed by atoms with E-state index in [1.165, 1.54) is 0 Å². The van der Waals surface area contributed by atoms with Crippen molar-refractivity contribution in [2.75, 3.05) is 12.4 Å². The van der Waals surface area contributed by atoms with Crippen LogP contribution >= 0.6 is 0 Å². The van der Waals surface area contributed by atoms with Gasteiger partial charge in [0.1, 0.15) is 11.4 Å². The maximum Gasteiger partial charge on any atom is 0.241 e. The van der Waals surface area contributed by atoms with Crippen molar-refractivity contribution in [2.45, 2.75) is 38.6 Å². The number of nitrogens with one attached hydrogen (secondary N) is 1. The molecule has 1 saturated carbocycles. The zero-order valence-electron chi connectivity index (χ0n) is 14.1. The van der Waals surface area contributed by atoms with Crippen molar-refractivity contribution in [1.29, 1.82) is 0 Å². The summed E-state index contributed by atoms with van der Waals surface area (Å²) in [6.45, 7) is 3.82. The van der Waals surface area contributed by atoms with Gasteiger partial charge in [0.2, 0.25) is 5.91 Å². The number of hydrogen-bond donors (Lipinski definition) is 2. The molecule has 0 aliphatic heterocycles. The van der Waals surface area contributed by atoms with E-state index in [0.717, 1.165) is 18.7 Å². The standard InChI is InChI=1S/C16H22N6O2/c1-9(2)14(17)16(23)18-11-6-7-13(24-3)12(8-11)22-15(10-4-5-10)19-20-21-22/h6-10,14H,4-5,17H2,1-3H3,(H,18,23)/t14-/m0/s1. The van der Waals surface area contributed by atoms with Crippen molar-refractivity contribution in [3.05, 3.63) is 24.0 Å². The van der Waals surface area contributed by atoms with Crippen LogP contribution in [0, 0.1) is 5.92 Å². The minimum absolute atomic E-state index is 0.0590. The molecule has 8 nitrogen and oxygen atoms in total. The second-order valence-corrected chi connectivity index (χ2v) is 6.37. The van der Waals surface area contributed by atoms with Crippen molar-refractivity contribution in [2.24, 2.45) is 11.7 Å². The second kappa shape index (κ2) is 6.56. The van der Waals surface area contributed by atoms with E-state index in [4.69, 9.17) is 10.5 Å². The zero-order chi connectivity index (χ0) is 17.3. The summed E-state index contributed by atoms with van der Waals surface area (Å²) in [4.78, 5) is 12.2. The van der Waals surface area contributed by atoms with Crippen LogP contribution in [0.2, 0.25) is 0 Å². The molecule has 0 unspecified atom stereocenters. The van der Waals surface area contributed by atoms with Crippen LogP contribution in [0.15, 0.2) is 18.2 Å². The van der Waals surface area contributed by atoms with E-state index in [1.54, 1.807) is 30.0 Å². The fraction of sp³-hybridized carbons (Fsp3) is 0.500. The molecule has 2 aromatic rings. The first-order valence-electron chi connectivity index (χ1n) is 8.04. The first kappa shape index (κ1) is 16.4. The third-order valence-electron chi connectivity index (χ3n) is 4.13. The number of nitrogens with zero attached hydrogens (tertiary/aromatic N) is 4.